The molecule has 7 heteroatoms. The summed E-state index contributed by atoms with van der Waals surface area (Å²) in [6, 6.07) is 7.05. The standard InChI is InChI=1S/C17H21N3O4/c1-11-3-5-12(6-4-11)14-9-19-16(24-14)8-7-15(21)20-13(10-23-2)17(18)22/h3-6,9,13H,7-8,10H2,1-2H3,(H2,18,22)(H,20,21)/t13-/m1/s1. The Morgan fingerprint density at radius 2 is 2.04 bits per heavy atom. The number of aromatic nitrogens is 1. The Bertz CT molecular complexity index is 694. The van der Waals surface area contributed by atoms with Crippen molar-refractivity contribution in [2.24, 2.45) is 5.73 Å². The maximum Gasteiger partial charge on any atom is 0.242 e. The highest BCUT2D eigenvalue weighted by molar-refractivity contribution is 5.86. The summed E-state index contributed by atoms with van der Waals surface area (Å²) in [7, 11) is 1.43. The van der Waals surface area contributed by atoms with Gasteiger partial charge < -0.3 is 20.2 Å². The molecular weight excluding hydrogens is 310 g/mol. The zero-order chi connectivity index (χ0) is 17.5. The zero-order valence-corrected chi connectivity index (χ0v) is 13.7. The van der Waals surface area contributed by atoms with Gasteiger partial charge >= 0.3 is 0 Å². The van der Waals surface area contributed by atoms with Gasteiger partial charge in [-0.1, -0.05) is 29.8 Å². The van der Waals surface area contributed by atoms with E-state index in [0.717, 1.165) is 11.1 Å². The number of carbonyl (C=O) groups excluding carboxylic acids is 2. The van der Waals surface area contributed by atoms with E-state index in [-0.39, 0.29) is 18.9 Å². The summed E-state index contributed by atoms with van der Waals surface area (Å²) < 4.78 is 10.5. The number of benzene rings is 1. The van der Waals surface area contributed by atoms with E-state index < -0.39 is 11.9 Å². The molecule has 0 bridgehead atoms. The first-order chi connectivity index (χ1) is 11.5. The van der Waals surface area contributed by atoms with Crippen LogP contribution in [0.3, 0.4) is 0 Å². The molecule has 0 fully saturated rings. The minimum atomic E-state index is -0.838. The summed E-state index contributed by atoms with van der Waals surface area (Å²) in [6.07, 6.45) is 2.10. The monoisotopic (exact) mass is 331 g/mol. The van der Waals surface area contributed by atoms with E-state index >= 15 is 0 Å². The van der Waals surface area contributed by atoms with Gasteiger partial charge in [-0.2, -0.15) is 0 Å². The van der Waals surface area contributed by atoms with Crippen molar-refractivity contribution in [3.05, 3.63) is 41.9 Å². The van der Waals surface area contributed by atoms with Crippen LogP contribution in [0, 0.1) is 6.92 Å². The number of primary amides is 1. The van der Waals surface area contributed by atoms with Crippen LogP contribution in [0.15, 0.2) is 34.9 Å². The van der Waals surface area contributed by atoms with Crippen LogP contribution in [0.5, 0.6) is 0 Å². The van der Waals surface area contributed by atoms with Crippen molar-refractivity contribution in [3.63, 3.8) is 0 Å². The van der Waals surface area contributed by atoms with Crippen molar-refractivity contribution in [3.8, 4) is 11.3 Å². The average molecular weight is 331 g/mol. The minimum absolute atomic E-state index is 0.0393. The molecule has 0 saturated heterocycles. The predicted molar refractivity (Wildman–Crippen MR) is 88.0 cm³/mol. The molecule has 3 N–H and O–H groups in total. The first-order valence-corrected chi connectivity index (χ1v) is 7.59. The molecule has 1 heterocycles. The summed E-state index contributed by atoms with van der Waals surface area (Å²) in [5.74, 6) is 0.164. The van der Waals surface area contributed by atoms with E-state index in [1.165, 1.54) is 7.11 Å². The average Bonchev–Trinajstić information content (AvgIpc) is 3.02. The van der Waals surface area contributed by atoms with E-state index in [2.05, 4.69) is 10.3 Å². The molecule has 0 spiro atoms. The van der Waals surface area contributed by atoms with Crippen LogP contribution in [0.2, 0.25) is 0 Å². The smallest absolute Gasteiger partial charge is 0.242 e. The molecule has 0 aliphatic rings. The van der Waals surface area contributed by atoms with Gasteiger partial charge in [0.25, 0.3) is 0 Å². The number of rotatable bonds is 8. The molecule has 0 aliphatic carbocycles. The van der Waals surface area contributed by atoms with Gasteiger partial charge in [0.15, 0.2) is 11.7 Å². The van der Waals surface area contributed by atoms with Crippen molar-refractivity contribution in [1.29, 1.82) is 0 Å². The summed E-state index contributed by atoms with van der Waals surface area (Å²) in [4.78, 5) is 27.2. The molecule has 1 atom stereocenters. The van der Waals surface area contributed by atoms with Crippen molar-refractivity contribution in [2.45, 2.75) is 25.8 Å². The molecule has 24 heavy (non-hydrogen) atoms. The normalized spacial score (nSPS) is 11.9. The van der Waals surface area contributed by atoms with Crippen LogP contribution in [0.4, 0.5) is 0 Å². The van der Waals surface area contributed by atoms with Gasteiger partial charge in [0, 0.05) is 25.5 Å². The molecule has 0 unspecified atom stereocenters. The second kappa shape index (κ2) is 8.26. The largest absolute Gasteiger partial charge is 0.441 e. The van der Waals surface area contributed by atoms with Gasteiger partial charge in [0.05, 0.1) is 12.8 Å². The van der Waals surface area contributed by atoms with Crippen LogP contribution >= 0.6 is 0 Å². The molecule has 2 aromatic rings. The fourth-order valence-electron chi connectivity index (χ4n) is 2.13. The maximum absolute atomic E-state index is 11.9. The third-order valence-electron chi connectivity index (χ3n) is 3.47. The first-order valence-electron chi connectivity index (χ1n) is 7.59. The van der Waals surface area contributed by atoms with Gasteiger partial charge in [0.1, 0.15) is 6.04 Å². The van der Waals surface area contributed by atoms with Crippen molar-refractivity contribution in [1.82, 2.24) is 10.3 Å². The number of nitrogens with one attached hydrogen (secondary N) is 1. The fraction of sp³-hybridized carbons (Fsp3) is 0.353. The van der Waals surface area contributed by atoms with Crippen molar-refractivity contribution in [2.75, 3.05) is 13.7 Å². The molecule has 2 amide bonds. The topological polar surface area (TPSA) is 107 Å². The van der Waals surface area contributed by atoms with Gasteiger partial charge in [-0.15, -0.1) is 0 Å². The second-order valence-corrected chi connectivity index (χ2v) is 5.46. The number of nitrogens with zero attached hydrogens (tertiary/aromatic N) is 1. The number of hydrogen-bond acceptors (Lipinski definition) is 5. The van der Waals surface area contributed by atoms with E-state index in [9.17, 15) is 9.59 Å². The van der Waals surface area contributed by atoms with Crippen molar-refractivity contribution < 1.29 is 18.7 Å². The number of aryl methyl sites for hydroxylation is 2. The van der Waals surface area contributed by atoms with E-state index in [1.54, 1.807) is 6.20 Å². The Kier molecular flexibility index (Phi) is 6.08. The van der Waals surface area contributed by atoms with Crippen LogP contribution in [-0.2, 0) is 20.7 Å². The van der Waals surface area contributed by atoms with E-state index in [1.807, 2.05) is 31.2 Å². The Morgan fingerprint density at radius 3 is 2.67 bits per heavy atom. The highest BCUT2D eigenvalue weighted by Gasteiger charge is 2.18. The quantitative estimate of drug-likeness (QED) is 0.756. The summed E-state index contributed by atoms with van der Waals surface area (Å²) in [6.45, 7) is 2.05. The number of nitrogens with two attached hydrogens (primary N) is 1. The zero-order valence-electron chi connectivity index (χ0n) is 13.7. The lowest BCUT2D eigenvalue weighted by atomic mass is 10.1. The summed E-state index contributed by atoms with van der Waals surface area (Å²) in [5.41, 5.74) is 7.28. The van der Waals surface area contributed by atoms with Crippen LogP contribution in [0.1, 0.15) is 17.9 Å². The number of methoxy groups -OCH3 is 1. The molecule has 0 radical (unpaired) electrons. The number of hydrogen-bond donors (Lipinski definition) is 2. The molecule has 7 nitrogen and oxygen atoms in total. The third kappa shape index (κ3) is 4.92. The SMILES string of the molecule is COC[C@@H](NC(=O)CCc1ncc(-c2ccc(C)cc2)o1)C(N)=O. The number of ether oxygens (including phenoxy) is 1. The third-order valence-corrected chi connectivity index (χ3v) is 3.47. The molecule has 1 aromatic heterocycles. The maximum atomic E-state index is 11.9. The van der Waals surface area contributed by atoms with Gasteiger partial charge in [-0.05, 0) is 6.92 Å². The van der Waals surface area contributed by atoms with Crippen LogP contribution < -0.4 is 11.1 Å². The molecule has 128 valence electrons. The first kappa shape index (κ1) is 17.7. The predicted octanol–water partition coefficient (Wildman–Crippen LogP) is 1.20. The Morgan fingerprint density at radius 1 is 1.33 bits per heavy atom. The van der Waals surface area contributed by atoms with E-state index in [4.69, 9.17) is 14.9 Å². The molecule has 2 rings (SSSR count). The summed E-state index contributed by atoms with van der Waals surface area (Å²) in [5, 5.41) is 2.52. The van der Waals surface area contributed by atoms with Gasteiger partial charge in [-0.25, -0.2) is 4.98 Å². The van der Waals surface area contributed by atoms with Gasteiger partial charge in [-0.3, -0.25) is 9.59 Å². The minimum Gasteiger partial charge on any atom is -0.441 e. The van der Waals surface area contributed by atoms with Crippen LogP contribution in [0.25, 0.3) is 11.3 Å². The number of carbonyl (C=O) groups is 2. The Hall–Kier alpha value is -2.67. The molecular formula is C17H21N3O4. The second-order valence-electron chi connectivity index (χ2n) is 5.46. The van der Waals surface area contributed by atoms with E-state index in [0.29, 0.717) is 18.1 Å². The summed E-state index contributed by atoms with van der Waals surface area (Å²) >= 11 is 0. The Balaban J connectivity index is 1.89. The number of oxazole rings is 1. The molecule has 0 aliphatic heterocycles. The lowest BCUT2D eigenvalue weighted by molar-refractivity contribution is -0.128. The lowest BCUT2D eigenvalue weighted by Gasteiger charge is -2.13. The molecule has 0 saturated carbocycles. The van der Waals surface area contributed by atoms with Crippen molar-refractivity contribution >= 4 is 11.8 Å². The number of amides is 2. The molecule has 1 aromatic carbocycles. The van der Waals surface area contributed by atoms with Crippen LogP contribution in [-0.4, -0.2) is 36.6 Å². The van der Waals surface area contributed by atoms with Gasteiger partial charge in [0.2, 0.25) is 11.8 Å². The highest BCUT2D eigenvalue weighted by Crippen LogP contribution is 2.21. The fourth-order valence-corrected chi connectivity index (χ4v) is 2.13. The Labute approximate surface area is 140 Å². The lowest BCUT2D eigenvalue weighted by Crippen LogP contribution is -2.47. The highest BCUT2D eigenvalue weighted by atomic mass is 16.5.